The van der Waals surface area contributed by atoms with E-state index in [0.717, 1.165) is 11.1 Å². The lowest BCUT2D eigenvalue weighted by atomic mass is 10.1. The number of nitrogens with one attached hydrogen (secondary N) is 2. The van der Waals surface area contributed by atoms with Crippen molar-refractivity contribution in [3.05, 3.63) is 106 Å². The summed E-state index contributed by atoms with van der Waals surface area (Å²) in [6.07, 6.45) is 0. The molecule has 1 aromatic heterocycles. The van der Waals surface area contributed by atoms with Crippen LogP contribution < -0.4 is 15.6 Å². The minimum atomic E-state index is -0.494. The third-order valence-corrected chi connectivity index (χ3v) is 5.65. The van der Waals surface area contributed by atoms with Crippen molar-refractivity contribution < 1.29 is 14.3 Å². The predicted octanol–water partition coefficient (Wildman–Crippen LogP) is 3.41. The third-order valence-electron chi connectivity index (χ3n) is 5.65. The lowest BCUT2D eigenvalue weighted by Crippen LogP contribution is -2.29. The van der Waals surface area contributed by atoms with Gasteiger partial charge in [-0.1, -0.05) is 54.6 Å². The highest BCUT2D eigenvalue weighted by Gasteiger charge is 2.17. The first kappa shape index (κ1) is 23.7. The van der Waals surface area contributed by atoms with Crippen molar-refractivity contribution >= 4 is 22.7 Å². The fourth-order valence-electron chi connectivity index (χ4n) is 3.84. The minimum Gasteiger partial charge on any atom is -0.497 e. The largest absolute Gasteiger partial charge is 0.497 e. The molecule has 0 saturated heterocycles. The number of carbonyl (C=O) groups is 2. The predicted molar refractivity (Wildman–Crippen MR) is 133 cm³/mol. The van der Waals surface area contributed by atoms with Crippen molar-refractivity contribution in [2.24, 2.45) is 0 Å². The summed E-state index contributed by atoms with van der Waals surface area (Å²) in [6.45, 7) is 2.42. The van der Waals surface area contributed by atoms with Crippen molar-refractivity contribution in [3.8, 4) is 5.75 Å². The molecule has 35 heavy (non-hydrogen) atoms. The second-order valence-electron chi connectivity index (χ2n) is 8.12. The maximum absolute atomic E-state index is 13.0. The molecule has 0 aliphatic rings. The number of nitrogens with zero attached hydrogens (tertiary/aromatic N) is 2. The van der Waals surface area contributed by atoms with Gasteiger partial charge in [-0.15, -0.1) is 0 Å². The highest BCUT2D eigenvalue weighted by Crippen LogP contribution is 2.18. The van der Waals surface area contributed by atoms with E-state index < -0.39 is 11.5 Å². The molecule has 3 aromatic carbocycles. The van der Waals surface area contributed by atoms with Crippen LogP contribution in [0.25, 0.3) is 10.9 Å². The van der Waals surface area contributed by atoms with Crippen LogP contribution in [0.5, 0.6) is 5.75 Å². The van der Waals surface area contributed by atoms with Gasteiger partial charge in [0.2, 0.25) is 5.91 Å². The highest BCUT2D eigenvalue weighted by molar-refractivity contribution is 5.93. The van der Waals surface area contributed by atoms with Crippen LogP contribution in [0.1, 0.15) is 34.2 Å². The Balaban J connectivity index is 1.56. The number of H-pyrrole nitrogens is 1. The van der Waals surface area contributed by atoms with E-state index in [0.29, 0.717) is 28.8 Å². The number of carbonyl (C=O) groups excluding carboxylic acids is 2. The normalized spacial score (nSPS) is 10.7. The van der Waals surface area contributed by atoms with Crippen molar-refractivity contribution in [1.29, 1.82) is 0 Å². The number of fused-ring (bicyclic) bond motifs is 1. The van der Waals surface area contributed by atoms with Crippen molar-refractivity contribution in [2.45, 2.75) is 26.6 Å². The molecule has 2 amide bonds. The number of methoxy groups -OCH3 is 1. The Hall–Kier alpha value is -4.46. The molecule has 0 aliphatic carbocycles. The van der Waals surface area contributed by atoms with Crippen LogP contribution in [0.3, 0.4) is 0 Å². The molecular formula is C27H26N4O4. The fourth-order valence-corrected chi connectivity index (χ4v) is 3.84. The number of amides is 2. The molecule has 0 aliphatic heterocycles. The Morgan fingerprint density at radius 2 is 1.71 bits per heavy atom. The number of hydrogen-bond donors (Lipinski definition) is 2. The molecule has 8 nitrogen and oxygen atoms in total. The number of rotatable bonds is 8. The van der Waals surface area contributed by atoms with Crippen molar-refractivity contribution in [2.75, 3.05) is 7.11 Å². The Morgan fingerprint density at radius 1 is 0.971 bits per heavy atom. The van der Waals surface area contributed by atoms with E-state index >= 15 is 0 Å². The summed E-state index contributed by atoms with van der Waals surface area (Å²) in [5, 5.41) is 3.13. The molecule has 8 heteroatoms. The van der Waals surface area contributed by atoms with Crippen LogP contribution in [0.4, 0.5) is 0 Å². The van der Waals surface area contributed by atoms with Crippen LogP contribution in [0.2, 0.25) is 0 Å². The van der Waals surface area contributed by atoms with Gasteiger partial charge in [0.1, 0.15) is 5.75 Å². The Bertz CT molecular complexity index is 1420. The van der Waals surface area contributed by atoms with Gasteiger partial charge in [0, 0.05) is 26.6 Å². The maximum atomic E-state index is 13.0. The monoisotopic (exact) mass is 470 g/mol. The summed E-state index contributed by atoms with van der Waals surface area (Å²) in [4.78, 5) is 46.6. The maximum Gasteiger partial charge on any atom is 0.287 e. The van der Waals surface area contributed by atoms with Crippen LogP contribution >= 0.6 is 0 Å². The van der Waals surface area contributed by atoms with E-state index in [4.69, 9.17) is 4.74 Å². The van der Waals surface area contributed by atoms with Gasteiger partial charge in [0.25, 0.3) is 11.5 Å². The molecule has 178 valence electrons. The molecular weight excluding hydrogens is 444 g/mol. The van der Waals surface area contributed by atoms with E-state index in [1.165, 1.54) is 6.92 Å². The number of aromatic nitrogens is 2. The first-order valence-corrected chi connectivity index (χ1v) is 11.2. The molecule has 0 spiro atoms. The second-order valence-corrected chi connectivity index (χ2v) is 8.12. The average Bonchev–Trinajstić information content (AvgIpc) is 2.87. The van der Waals surface area contributed by atoms with E-state index in [9.17, 15) is 14.4 Å². The zero-order valence-corrected chi connectivity index (χ0v) is 19.6. The third kappa shape index (κ3) is 5.73. The molecule has 2 N–H and O–H groups in total. The van der Waals surface area contributed by atoms with Crippen molar-refractivity contribution in [1.82, 2.24) is 20.2 Å². The van der Waals surface area contributed by atoms with Crippen LogP contribution in [-0.4, -0.2) is 33.8 Å². The van der Waals surface area contributed by atoms with Gasteiger partial charge in [-0.2, -0.15) is 0 Å². The summed E-state index contributed by atoms with van der Waals surface area (Å²) < 4.78 is 5.20. The summed E-state index contributed by atoms with van der Waals surface area (Å²) in [5.41, 5.74) is 2.46. The van der Waals surface area contributed by atoms with Crippen LogP contribution in [-0.2, 0) is 24.4 Å². The smallest absolute Gasteiger partial charge is 0.287 e. The lowest BCUT2D eigenvalue weighted by molar-refractivity contribution is -0.130. The Kier molecular flexibility index (Phi) is 7.21. The summed E-state index contributed by atoms with van der Waals surface area (Å²) >= 11 is 0. The van der Waals surface area contributed by atoms with Gasteiger partial charge in [0.15, 0.2) is 5.82 Å². The Labute approximate surface area is 202 Å². The first-order valence-electron chi connectivity index (χ1n) is 11.2. The van der Waals surface area contributed by atoms with E-state index in [1.807, 2.05) is 54.6 Å². The van der Waals surface area contributed by atoms with Gasteiger partial charge in [-0.05, 0) is 34.9 Å². The van der Waals surface area contributed by atoms with E-state index in [-0.39, 0.29) is 24.8 Å². The van der Waals surface area contributed by atoms with Gasteiger partial charge < -0.3 is 19.9 Å². The number of aromatic amines is 1. The van der Waals surface area contributed by atoms with Gasteiger partial charge in [-0.25, -0.2) is 4.98 Å². The first-order chi connectivity index (χ1) is 16.9. The zero-order chi connectivity index (χ0) is 24.8. The molecule has 0 bridgehead atoms. The summed E-state index contributed by atoms with van der Waals surface area (Å²) in [5.74, 6) is 0.0130. The molecule has 0 saturated carbocycles. The molecule has 4 rings (SSSR count). The number of hydrogen-bond acceptors (Lipinski definition) is 5. The summed E-state index contributed by atoms with van der Waals surface area (Å²) in [6, 6.07) is 22.2. The van der Waals surface area contributed by atoms with Gasteiger partial charge in [0.05, 0.1) is 18.0 Å². The molecule has 0 unspecified atom stereocenters. The SMILES string of the molecule is COc1cccc(CNC(=O)c2nc3cccc(CN(Cc4ccccc4)C(C)=O)c3c(=O)[nH]2)c1. The van der Waals surface area contributed by atoms with E-state index in [2.05, 4.69) is 15.3 Å². The quantitative estimate of drug-likeness (QED) is 0.411. The Morgan fingerprint density at radius 3 is 2.46 bits per heavy atom. The van der Waals surface area contributed by atoms with Gasteiger partial charge in [-0.3, -0.25) is 14.4 Å². The van der Waals surface area contributed by atoms with Crippen molar-refractivity contribution in [3.63, 3.8) is 0 Å². The minimum absolute atomic E-state index is 0.0738. The zero-order valence-electron chi connectivity index (χ0n) is 19.6. The average molecular weight is 471 g/mol. The summed E-state index contributed by atoms with van der Waals surface area (Å²) in [7, 11) is 1.58. The number of benzene rings is 3. The molecule has 4 aromatic rings. The second kappa shape index (κ2) is 10.6. The highest BCUT2D eigenvalue weighted by atomic mass is 16.5. The van der Waals surface area contributed by atoms with Crippen LogP contribution in [0, 0.1) is 0 Å². The van der Waals surface area contributed by atoms with Gasteiger partial charge >= 0.3 is 0 Å². The lowest BCUT2D eigenvalue weighted by Gasteiger charge is -2.22. The molecule has 1 heterocycles. The molecule has 0 atom stereocenters. The topological polar surface area (TPSA) is 104 Å². The van der Waals surface area contributed by atoms with Crippen LogP contribution in [0.15, 0.2) is 77.6 Å². The van der Waals surface area contributed by atoms with E-state index in [1.54, 1.807) is 30.2 Å². The fraction of sp³-hybridized carbons (Fsp3) is 0.185. The standard InChI is InChI=1S/C27H26N4O4/c1-18(32)31(16-19-8-4-3-5-9-19)17-21-11-7-13-23-24(21)26(33)30-25(29-23)27(34)28-15-20-10-6-12-22(14-20)35-2/h3-14H,15-17H2,1-2H3,(H,28,34)(H,29,30,33). The number of ether oxygens (including phenoxy) is 1. The molecule has 0 fully saturated rings. The molecule has 0 radical (unpaired) electrons.